The van der Waals surface area contributed by atoms with Gasteiger partial charge in [-0.3, -0.25) is 9.97 Å². The molecule has 41 heavy (non-hydrogen) atoms. The summed E-state index contributed by atoms with van der Waals surface area (Å²) in [6.07, 6.45) is 0. The Morgan fingerprint density at radius 1 is 0.488 bits per heavy atom. The molecule has 1 rings (SSSR count). The van der Waals surface area contributed by atoms with Crippen molar-refractivity contribution in [3.8, 4) is 0 Å². The minimum absolute atomic E-state index is 0.106. The lowest BCUT2D eigenvalue weighted by Gasteiger charge is -2.55. The van der Waals surface area contributed by atoms with Gasteiger partial charge < -0.3 is 39.8 Å². The number of hydrogen-bond acceptors (Lipinski definition) is 12. The maximum absolute atomic E-state index is 13.3. The van der Waals surface area contributed by atoms with Gasteiger partial charge in [0.1, 0.15) is 0 Å². The highest BCUT2D eigenvalue weighted by molar-refractivity contribution is 7.02. The van der Waals surface area contributed by atoms with Gasteiger partial charge >= 0.3 is 43.5 Å². The molecule has 0 spiro atoms. The van der Waals surface area contributed by atoms with Crippen LogP contribution in [0.2, 0.25) is 4.28 Å². The molecular formula is C23H49N3O12Si3. The predicted octanol–water partition coefficient (Wildman–Crippen LogP) is 1.19. The zero-order valence-electron chi connectivity index (χ0n) is 25.9. The molecule has 1 aromatic rings. The molecule has 0 aliphatic rings. The first kappa shape index (κ1) is 37.7. The molecule has 0 bridgehead atoms. The SMILES string of the molecule is CCO[Si](OCC)(OCC)C(Cn1c(=O)[nH]c(=O)[nH]c1=O)([Si](OCC)(OCC)OCC)[Si](OCC)(OCC)OCC. The summed E-state index contributed by atoms with van der Waals surface area (Å²) in [6.45, 7) is 16.3. The predicted molar refractivity (Wildman–Crippen MR) is 157 cm³/mol. The van der Waals surface area contributed by atoms with Gasteiger partial charge in [0.15, 0.2) is 4.28 Å². The Labute approximate surface area is 244 Å². The van der Waals surface area contributed by atoms with E-state index in [1.807, 2.05) is 0 Å². The van der Waals surface area contributed by atoms with Crippen molar-refractivity contribution in [1.82, 2.24) is 14.5 Å². The summed E-state index contributed by atoms with van der Waals surface area (Å²) < 4.78 is 57.7. The lowest BCUT2D eigenvalue weighted by atomic mass is 10.7. The monoisotopic (exact) mass is 643 g/mol. The summed E-state index contributed by atoms with van der Waals surface area (Å²) in [5.74, 6) is 0. The van der Waals surface area contributed by atoms with E-state index in [9.17, 15) is 14.4 Å². The zero-order chi connectivity index (χ0) is 31.2. The molecule has 0 aromatic carbocycles. The molecule has 1 heterocycles. The van der Waals surface area contributed by atoms with E-state index in [2.05, 4.69) is 9.97 Å². The number of rotatable bonds is 23. The smallest absolute Gasteiger partial charge is 0.373 e. The van der Waals surface area contributed by atoms with Gasteiger partial charge in [-0.2, -0.15) is 0 Å². The van der Waals surface area contributed by atoms with Crippen LogP contribution >= 0.6 is 0 Å². The summed E-state index contributed by atoms with van der Waals surface area (Å²) >= 11 is 0. The summed E-state index contributed by atoms with van der Waals surface area (Å²) in [7, 11) is -13.0. The third-order valence-electron chi connectivity index (χ3n) is 5.90. The molecule has 0 unspecified atom stereocenters. The first-order chi connectivity index (χ1) is 19.6. The summed E-state index contributed by atoms with van der Waals surface area (Å²) in [4.78, 5) is 42.9. The van der Waals surface area contributed by atoms with E-state index in [1.165, 1.54) is 0 Å². The summed E-state index contributed by atoms with van der Waals surface area (Å²) in [5, 5.41) is 0. The van der Waals surface area contributed by atoms with Crippen LogP contribution in [0.5, 0.6) is 0 Å². The van der Waals surface area contributed by atoms with Gasteiger partial charge in [0.05, 0.1) is 6.54 Å². The number of hydrogen-bond donors (Lipinski definition) is 2. The first-order valence-electron chi connectivity index (χ1n) is 14.3. The van der Waals surface area contributed by atoms with E-state index in [-0.39, 0.29) is 59.5 Å². The molecule has 0 saturated carbocycles. The lowest BCUT2D eigenvalue weighted by Crippen LogP contribution is -2.83. The van der Waals surface area contributed by atoms with Crippen molar-refractivity contribution in [3.63, 3.8) is 0 Å². The van der Waals surface area contributed by atoms with Crippen molar-refractivity contribution < 1.29 is 39.8 Å². The van der Waals surface area contributed by atoms with Crippen molar-refractivity contribution in [1.29, 1.82) is 0 Å². The second kappa shape index (κ2) is 17.7. The fourth-order valence-electron chi connectivity index (χ4n) is 4.88. The van der Waals surface area contributed by atoms with Crippen molar-refractivity contribution >= 4 is 26.4 Å². The van der Waals surface area contributed by atoms with Crippen molar-refractivity contribution in [3.05, 3.63) is 31.5 Å². The molecule has 0 fully saturated rings. The minimum atomic E-state index is -4.34. The molecule has 0 aliphatic carbocycles. The molecule has 0 radical (unpaired) electrons. The minimum Gasteiger partial charge on any atom is -0.373 e. The maximum Gasteiger partial charge on any atom is 0.518 e. The van der Waals surface area contributed by atoms with Crippen LogP contribution in [0.3, 0.4) is 0 Å². The fraction of sp³-hybridized carbons (Fsp3) is 0.870. The first-order valence-corrected chi connectivity index (χ1v) is 19.5. The highest BCUT2D eigenvalue weighted by Crippen LogP contribution is 2.58. The van der Waals surface area contributed by atoms with E-state index < -0.39 is 54.3 Å². The Hall–Kier alpha value is -1.30. The van der Waals surface area contributed by atoms with Gasteiger partial charge in [-0.15, -0.1) is 0 Å². The Kier molecular flexibility index (Phi) is 16.3. The van der Waals surface area contributed by atoms with Crippen LogP contribution < -0.4 is 17.1 Å². The standard InChI is InChI=1S/C23H49N3O12Si3/c1-10-30-39(31-11-2,32-12-3)23(40(33-13-4,34-14-5)35-15-6,41(36-16-7,37-17-8)38-18-9)19-26-21(28)24-20(27)25-22(26)29/h10-19H2,1-9H3,(H2,24,25,27,28,29). The molecule has 18 heteroatoms. The van der Waals surface area contributed by atoms with Crippen LogP contribution in [0.15, 0.2) is 14.4 Å². The average molecular weight is 644 g/mol. The lowest BCUT2D eigenvalue weighted by molar-refractivity contribution is -0.0147. The molecule has 0 amide bonds. The van der Waals surface area contributed by atoms with Crippen LogP contribution in [-0.4, -0.2) is 100 Å². The van der Waals surface area contributed by atoms with E-state index in [1.54, 1.807) is 62.3 Å². The largest absolute Gasteiger partial charge is 0.518 e. The van der Waals surface area contributed by atoms with Crippen LogP contribution in [0.25, 0.3) is 0 Å². The van der Waals surface area contributed by atoms with E-state index in [0.29, 0.717) is 0 Å². The summed E-state index contributed by atoms with van der Waals surface area (Å²) in [5.41, 5.74) is -2.94. The second-order valence-electron chi connectivity index (χ2n) is 8.25. The topological polar surface area (TPSA) is 171 Å². The van der Waals surface area contributed by atoms with Gasteiger partial charge in [0.25, 0.3) is 0 Å². The van der Waals surface area contributed by atoms with Gasteiger partial charge in [0, 0.05) is 59.5 Å². The highest BCUT2D eigenvalue weighted by atomic mass is 28.5. The normalized spacial score (nSPS) is 13.2. The Morgan fingerprint density at radius 2 is 0.707 bits per heavy atom. The molecule has 1 aromatic heterocycles. The van der Waals surface area contributed by atoms with E-state index in [0.717, 1.165) is 4.57 Å². The van der Waals surface area contributed by atoms with Gasteiger partial charge in [0.2, 0.25) is 0 Å². The van der Waals surface area contributed by atoms with Crippen LogP contribution in [0.1, 0.15) is 62.3 Å². The third kappa shape index (κ3) is 7.62. The molecular weight excluding hydrogens is 595 g/mol. The molecule has 240 valence electrons. The summed E-state index contributed by atoms with van der Waals surface area (Å²) in [6, 6.07) is 0. The third-order valence-corrected chi connectivity index (χ3v) is 21.0. The van der Waals surface area contributed by atoms with Crippen LogP contribution in [0, 0.1) is 0 Å². The Morgan fingerprint density at radius 3 is 0.902 bits per heavy atom. The highest BCUT2D eigenvalue weighted by Gasteiger charge is 2.90. The number of aromatic amines is 2. The molecule has 0 saturated heterocycles. The van der Waals surface area contributed by atoms with E-state index >= 15 is 0 Å². The van der Waals surface area contributed by atoms with Crippen LogP contribution in [0.4, 0.5) is 0 Å². The molecule has 2 N–H and O–H groups in total. The van der Waals surface area contributed by atoms with Gasteiger partial charge in [-0.25, -0.2) is 19.0 Å². The van der Waals surface area contributed by atoms with Crippen LogP contribution in [-0.2, 0) is 46.4 Å². The second-order valence-corrected chi connectivity index (χ2v) is 18.2. The fourth-order valence-corrected chi connectivity index (χ4v) is 20.7. The van der Waals surface area contributed by atoms with Crippen molar-refractivity contribution in [2.24, 2.45) is 0 Å². The Balaban J connectivity index is 4.79. The maximum atomic E-state index is 13.3. The number of nitrogens with zero attached hydrogens (tertiary/aromatic N) is 1. The average Bonchev–Trinajstić information content (AvgIpc) is 2.89. The molecule has 0 aliphatic heterocycles. The zero-order valence-corrected chi connectivity index (χ0v) is 28.9. The number of aromatic nitrogens is 3. The number of nitrogens with one attached hydrogen (secondary N) is 2. The van der Waals surface area contributed by atoms with Crippen molar-refractivity contribution in [2.75, 3.05) is 59.5 Å². The quantitative estimate of drug-likeness (QED) is 0.164. The molecule has 15 nitrogen and oxygen atoms in total. The number of H-pyrrole nitrogens is 2. The van der Waals surface area contributed by atoms with Crippen molar-refractivity contribution in [2.45, 2.75) is 73.1 Å². The molecule has 0 atom stereocenters. The van der Waals surface area contributed by atoms with E-state index in [4.69, 9.17) is 39.8 Å². The van der Waals surface area contributed by atoms with Gasteiger partial charge in [-0.05, 0) is 62.3 Å². The van der Waals surface area contributed by atoms with Gasteiger partial charge in [-0.1, -0.05) is 0 Å². The Bertz CT molecular complexity index is 917.